The first kappa shape index (κ1) is 29.9. The molecule has 14 heteroatoms. The summed E-state index contributed by atoms with van der Waals surface area (Å²) in [5, 5.41) is 16.1. The first-order valence-corrected chi connectivity index (χ1v) is 12.8. The van der Waals surface area contributed by atoms with Crippen LogP contribution in [0, 0.1) is 0 Å². The Bertz CT molecular complexity index is 1210. The van der Waals surface area contributed by atoms with Crippen molar-refractivity contribution in [3.63, 3.8) is 0 Å². The molecule has 216 valence electrons. The van der Waals surface area contributed by atoms with Crippen molar-refractivity contribution in [1.82, 2.24) is 29.8 Å². The van der Waals surface area contributed by atoms with Gasteiger partial charge < -0.3 is 34.6 Å². The average Bonchev–Trinajstić information content (AvgIpc) is 3.38. The molecule has 4 amide bonds. The number of carbonyl (C=O) groups excluding carboxylic acids is 4. The molecule has 1 aliphatic rings. The number of para-hydroxylation sites is 1. The van der Waals surface area contributed by atoms with Gasteiger partial charge in [-0.05, 0) is 25.5 Å². The predicted octanol–water partition coefficient (Wildman–Crippen LogP) is 0.603. The molecule has 2 N–H and O–H groups in total. The molecule has 1 aromatic carbocycles. The van der Waals surface area contributed by atoms with E-state index in [0.717, 1.165) is 0 Å². The zero-order valence-electron chi connectivity index (χ0n) is 22.7. The van der Waals surface area contributed by atoms with Crippen LogP contribution in [0.2, 0.25) is 0 Å². The number of aromatic nitrogens is 2. The molecule has 0 radical (unpaired) electrons. The number of ether oxygens (including phenoxy) is 2. The van der Waals surface area contributed by atoms with Crippen LogP contribution in [-0.4, -0.2) is 119 Å². The van der Waals surface area contributed by atoms with Crippen molar-refractivity contribution in [3.05, 3.63) is 42.1 Å². The van der Waals surface area contributed by atoms with E-state index in [4.69, 9.17) is 9.47 Å². The molecular weight excluding hydrogens is 524 g/mol. The highest BCUT2D eigenvalue weighted by Gasteiger charge is 2.31. The lowest BCUT2D eigenvalue weighted by Crippen LogP contribution is -2.56. The first-order valence-electron chi connectivity index (χ1n) is 12.8. The molecule has 1 fully saturated rings. The van der Waals surface area contributed by atoms with E-state index in [1.807, 2.05) is 6.07 Å². The van der Waals surface area contributed by atoms with E-state index < -0.39 is 29.9 Å². The van der Waals surface area contributed by atoms with Gasteiger partial charge in [-0.25, -0.2) is 9.48 Å². The second kappa shape index (κ2) is 14.0. The Labute approximate surface area is 231 Å². The van der Waals surface area contributed by atoms with Crippen LogP contribution in [0.1, 0.15) is 30.3 Å². The highest BCUT2D eigenvalue weighted by atomic mass is 16.6. The van der Waals surface area contributed by atoms with E-state index in [1.165, 1.54) is 25.4 Å². The summed E-state index contributed by atoms with van der Waals surface area (Å²) in [5.41, 5.74) is 0.489. The molecule has 0 spiro atoms. The normalized spacial score (nSPS) is 13.8. The lowest BCUT2D eigenvalue weighted by Gasteiger charge is -2.35. The lowest BCUT2D eigenvalue weighted by atomic mass is 10.1. The number of carboxylic acids is 1. The Morgan fingerprint density at radius 2 is 1.70 bits per heavy atom. The minimum Gasteiger partial charge on any atom is -0.481 e. The van der Waals surface area contributed by atoms with E-state index in [-0.39, 0.29) is 69.7 Å². The van der Waals surface area contributed by atoms with Crippen molar-refractivity contribution >= 4 is 29.8 Å². The molecule has 14 nitrogen and oxygen atoms in total. The highest BCUT2D eigenvalue weighted by molar-refractivity contribution is 5.96. The number of carbonyl (C=O) groups is 5. The summed E-state index contributed by atoms with van der Waals surface area (Å²) >= 11 is 0. The summed E-state index contributed by atoms with van der Waals surface area (Å²) in [7, 11) is 3.17. The summed E-state index contributed by atoms with van der Waals surface area (Å²) in [6.07, 6.45) is -0.957. The van der Waals surface area contributed by atoms with Gasteiger partial charge in [0.15, 0.2) is 12.3 Å². The number of nitrogens with zero attached hydrogens (tertiary/aromatic N) is 5. The van der Waals surface area contributed by atoms with Crippen LogP contribution < -0.4 is 10.1 Å². The molecule has 1 saturated heterocycles. The van der Waals surface area contributed by atoms with E-state index in [9.17, 15) is 29.1 Å². The maximum Gasteiger partial charge on any atom is 0.409 e. The van der Waals surface area contributed by atoms with Gasteiger partial charge in [0.2, 0.25) is 11.8 Å². The maximum absolute atomic E-state index is 13.3. The number of amides is 4. The number of piperazine rings is 1. The molecule has 0 saturated carbocycles. The Kier molecular flexibility index (Phi) is 10.4. The van der Waals surface area contributed by atoms with Crippen LogP contribution in [0.3, 0.4) is 0 Å². The standard InChI is InChI=1S/C26H34N6O8/c1-4-39-26(38)31-14-12-30(13-15-31)25(37)19(10-11-23(34)35)27-24(36)20-16-22(40-17-21(33)29(2)3)32(28-20)18-8-6-5-7-9-18/h5-9,16,19H,4,10-15,17H2,1-3H3,(H,27,36)(H,34,35). The van der Waals surface area contributed by atoms with Gasteiger partial charge in [-0.1, -0.05) is 18.2 Å². The quantitative estimate of drug-likeness (QED) is 0.402. The van der Waals surface area contributed by atoms with E-state index in [0.29, 0.717) is 5.69 Å². The molecule has 0 bridgehead atoms. The topological polar surface area (TPSA) is 164 Å². The van der Waals surface area contributed by atoms with Gasteiger partial charge >= 0.3 is 12.1 Å². The zero-order chi connectivity index (χ0) is 29.2. The summed E-state index contributed by atoms with van der Waals surface area (Å²) in [6, 6.07) is 9.04. The fourth-order valence-corrected chi connectivity index (χ4v) is 3.90. The number of hydrogen-bond acceptors (Lipinski definition) is 8. The van der Waals surface area contributed by atoms with Crippen LogP contribution in [-0.2, 0) is 19.1 Å². The second-order valence-corrected chi connectivity index (χ2v) is 9.16. The van der Waals surface area contributed by atoms with E-state index in [2.05, 4.69) is 10.4 Å². The zero-order valence-corrected chi connectivity index (χ0v) is 22.7. The molecular formula is C26H34N6O8. The fraction of sp³-hybridized carbons (Fsp3) is 0.462. The lowest BCUT2D eigenvalue weighted by molar-refractivity contribution is -0.138. The first-order chi connectivity index (χ1) is 19.1. The van der Waals surface area contributed by atoms with E-state index in [1.54, 1.807) is 45.3 Å². The van der Waals surface area contributed by atoms with Gasteiger partial charge in [0.1, 0.15) is 6.04 Å². The Hall–Kier alpha value is -4.62. The third kappa shape index (κ3) is 7.94. The predicted molar refractivity (Wildman–Crippen MR) is 141 cm³/mol. The van der Waals surface area contributed by atoms with Gasteiger partial charge in [0.05, 0.1) is 12.3 Å². The molecule has 1 unspecified atom stereocenters. The van der Waals surface area contributed by atoms with Crippen LogP contribution in [0.25, 0.3) is 5.69 Å². The number of likely N-dealkylation sites (N-methyl/N-ethyl adjacent to an activating group) is 1. The number of carboxylic acid groups (broad SMARTS) is 1. The van der Waals surface area contributed by atoms with Gasteiger partial charge in [0, 0.05) is 52.8 Å². The SMILES string of the molecule is CCOC(=O)N1CCN(C(=O)C(CCC(=O)O)NC(=O)c2cc(OCC(=O)N(C)C)n(-c3ccccc3)n2)CC1. The average molecular weight is 559 g/mol. The Morgan fingerprint density at radius 3 is 2.30 bits per heavy atom. The van der Waals surface area contributed by atoms with Crippen LogP contribution in [0.15, 0.2) is 36.4 Å². The highest BCUT2D eigenvalue weighted by Crippen LogP contribution is 2.20. The van der Waals surface area contributed by atoms with Gasteiger partial charge in [-0.15, -0.1) is 0 Å². The van der Waals surface area contributed by atoms with Crippen molar-refractivity contribution in [2.45, 2.75) is 25.8 Å². The van der Waals surface area contributed by atoms with Gasteiger partial charge in [0.25, 0.3) is 11.8 Å². The van der Waals surface area contributed by atoms with Gasteiger partial charge in [-0.3, -0.25) is 19.2 Å². The number of nitrogens with one attached hydrogen (secondary N) is 1. The third-order valence-electron chi connectivity index (χ3n) is 6.12. The van der Waals surface area contributed by atoms with Crippen LogP contribution in [0.5, 0.6) is 5.88 Å². The molecule has 3 rings (SSSR count). The molecule has 40 heavy (non-hydrogen) atoms. The summed E-state index contributed by atoms with van der Waals surface area (Å²) in [4.78, 5) is 66.2. The molecule has 1 aliphatic heterocycles. The maximum atomic E-state index is 13.3. The Morgan fingerprint density at radius 1 is 1.05 bits per heavy atom. The number of aliphatic carboxylic acids is 1. The summed E-state index contributed by atoms with van der Waals surface area (Å²) in [6.45, 7) is 2.56. The van der Waals surface area contributed by atoms with E-state index >= 15 is 0 Å². The van der Waals surface area contributed by atoms with Crippen molar-refractivity contribution in [3.8, 4) is 11.6 Å². The third-order valence-corrected chi connectivity index (χ3v) is 6.12. The van der Waals surface area contributed by atoms with Crippen LogP contribution in [0.4, 0.5) is 4.79 Å². The van der Waals surface area contributed by atoms with Crippen molar-refractivity contribution in [2.24, 2.45) is 0 Å². The number of hydrogen-bond donors (Lipinski definition) is 2. The number of rotatable bonds is 11. The minimum atomic E-state index is -1.14. The molecule has 1 aromatic heterocycles. The van der Waals surface area contributed by atoms with Crippen molar-refractivity contribution in [1.29, 1.82) is 0 Å². The minimum absolute atomic E-state index is 0.0867. The largest absolute Gasteiger partial charge is 0.481 e. The molecule has 2 aromatic rings. The molecule has 0 aliphatic carbocycles. The van der Waals surface area contributed by atoms with Gasteiger partial charge in [-0.2, -0.15) is 5.10 Å². The van der Waals surface area contributed by atoms with Crippen molar-refractivity contribution in [2.75, 3.05) is 53.5 Å². The summed E-state index contributed by atoms with van der Waals surface area (Å²) < 4.78 is 12.0. The smallest absolute Gasteiger partial charge is 0.409 e. The van der Waals surface area contributed by atoms with Crippen LogP contribution >= 0.6 is 0 Å². The molecule has 1 atom stereocenters. The second-order valence-electron chi connectivity index (χ2n) is 9.16. The summed E-state index contributed by atoms with van der Waals surface area (Å²) in [5.74, 6) is -2.46. The fourth-order valence-electron chi connectivity index (χ4n) is 3.90. The Balaban J connectivity index is 1.77. The monoisotopic (exact) mass is 558 g/mol. The van der Waals surface area contributed by atoms with Crippen molar-refractivity contribution < 1.29 is 38.6 Å². The number of benzene rings is 1. The molecule has 2 heterocycles.